The molecule has 0 saturated heterocycles. The van der Waals surface area contributed by atoms with Crippen LogP contribution in [0.4, 0.5) is 0 Å². The lowest BCUT2D eigenvalue weighted by atomic mass is 9.89. The van der Waals surface area contributed by atoms with Crippen LogP contribution in [0.2, 0.25) is 10.0 Å². The first kappa shape index (κ1) is 26.3. The molecule has 2 aliphatic rings. The van der Waals surface area contributed by atoms with E-state index in [0.717, 1.165) is 21.2 Å². The molecule has 2 heterocycles. The minimum absolute atomic E-state index is 0.790. The fraction of sp³-hybridized carbons (Fsp3) is 0. The molecule has 222 valence electrons. The van der Waals surface area contributed by atoms with E-state index in [1.807, 2.05) is 28.7 Å². The maximum absolute atomic E-state index is 7.22. The maximum Gasteiger partial charge on any atom is 0.0491 e. The monoisotopic (exact) mass is 682 g/mol. The van der Waals surface area contributed by atoms with Crippen molar-refractivity contribution in [3.8, 4) is 55.6 Å². The smallest absolute Gasteiger partial charge is 0.0491 e. The van der Waals surface area contributed by atoms with Crippen LogP contribution in [0.5, 0.6) is 0 Å². The zero-order chi connectivity index (χ0) is 31.4. The van der Waals surface area contributed by atoms with Gasteiger partial charge in [0, 0.05) is 67.1 Å². The van der Waals surface area contributed by atoms with Crippen LogP contribution in [-0.4, -0.2) is 0 Å². The van der Waals surface area contributed by atoms with Gasteiger partial charge in [-0.2, -0.15) is 0 Å². The van der Waals surface area contributed by atoms with Crippen LogP contribution in [0.15, 0.2) is 121 Å². The zero-order valence-electron chi connectivity index (χ0n) is 25.1. The van der Waals surface area contributed by atoms with Crippen molar-refractivity contribution in [1.82, 2.24) is 0 Å². The highest BCUT2D eigenvalue weighted by molar-refractivity contribution is 7.27. The molecular formula is C44H20Cl2S2. The molecule has 12 rings (SSSR count). The molecule has 8 aromatic carbocycles. The average molecular weight is 684 g/mol. The largest absolute Gasteiger partial charge is 0.135 e. The maximum atomic E-state index is 7.22. The molecule has 0 spiro atoms. The van der Waals surface area contributed by atoms with Gasteiger partial charge in [-0.25, -0.2) is 0 Å². The van der Waals surface area contributed by atoms with Crippen LogP contribution in [0.25, 0.3) is 118 Å². The lowest BCUT2D eigenvalue weighted by Crippen LogP contribution is -1.90. The average Bonchev–Trinajstić information content (AvgIpc) is 3.62. The van der Waals surface area contributed by atoms with Gasteiger partial charge in [-0.3, -0.25) is 0 Å². The molecule has 0 nitrogen and oxygen atoms in total. The van der Waals surface area contributed by atoms with Gasteiger partial charge in [0.25, 0.3) is 0 Å². The SMILES string of the molecule is Clc1cccc2c1-c1cccc3cc(-c4ccc5c(c4)-c4c(Cl)ccc6sc7ccc8cccc-5c8c7c46)c4sc5cccc-2c5c4c13. The van der Waals surface area contributed by atoms with Crippen molar-refractivity contribution < 1.29 is 0 Å². The zero-order valence-corrected chi connectivity index (χ0v) is 28.3. The van der Waals surface area contributed by atoms with Gasteiger partial charge in [-0.05, 0) is 103 Å². The molecule has 2 aromatic heterocycles. The Labute approximate surface area is 293 Å². The summed E-state index contributed by atoms with van der Waals surface area (Å²) in [5, 5.41) is 11.9. The van der Waals surface area contributed by atoms with Crippen LogP contribution < -0.4 is 0 Å². The Kier molecular flexibility index (Phi) is 4.95. The van der Waals surface area contributed by atoms with E-state index >= 15 is 0 Å². The van der Waals surface area contributed by atoms with Gasteiger partial charge < -0.3 is 0 Å². The van der Waals surface area contributed by atoms with Crippen molar-refractivity contribution in [1.29, 1.82) is 0 Å². The number of hydrogen-bond donors (Lipinski definition) is 0. The van der Waals surface area contributed by atoms with Crippen LogP contribution >= 0.6 is 45.9 Å². The molecule has 0 atom stereocenters. The third-order valence-corrected chi connectivity index (χ3v) is 13.6. The molecule has 0 N–H and O–H groups in total. The number of benzene rings is 8. The summed E-state index contributed by atoms with van der Waals surface area (Å²) in [4.78, 5) is 0. The normalized spacial score (nSPS) is 12.8. The first-order valence-corrected chi connectivity index (χ1v) is 18.4. The van der Waals surface area contributed by atoms with E-state index in [1.165, 1.54) is 106 Å². The molecule has 2 aliphatic carbocycles. The predicted octanol–water partition coefficient (Wildman–Crippen LogP) is 15.0. The minimum atomic E-state index is 0.790. The standard InChI is InChI=1S/C44H20Cl2S2/c45-31-11-3-8-26-27-9-4-12-33-40(27)43-37-23(6-2-10-28(37)38(26)31)20-29(44(43)48-33)22-13-15-24-25-7-1-5-21-14-17-34-41(36(21)25)42-35(47-34)18-16-32(46)39(42)30(24)19-22/h1-20H. The Morgan fingerprint density at radius 1 is 0.354 bits per heavy atom. The molecule has 48 heavy (non-hydrogen) atoms. The quantitative estimate of drug-likeness (QED) is 0.162. The molecule has 0 fully saturated rings. The fourth-order valence-electron chi connectivity index (χ4n) is 8.78. The molecule has 0 aliphatic heterocycles. The van der Waals surface area contributed by atoms with E-state index in [2.05, 4.69) is 115 Å². The number of halogens is 2. The van der Waals surface area contributed by atoms with Crippen molar-refractivity contribution in [2.45, 2.75) is 0 Å². The lowest BCUT2D eigenvalue weighted by molar-refractivity contribution is 1.63. The first-order valence-electron chi connectivity index (χ1n) is 16.1. The second-order valence-corrected chi connectivity index (χ2v) is 15.9. The predicted molar refractivity (Wildman–Crippen MR) is 212 cm³/mol. The summed E-state index contributed by atoms with van der Waals surface area (Å²) in [6.45, 7) is 0. The minimum Gasteiger partial charge on any atom is -0.135 e. The van der Waals surface area contributed by atoms with Gasteiger partial charge in [0.05, 0.1) is 0 Å². The highest BCUT2D eigenvalue weighted by Crippen LogP contribution is 2.56. The molecular weight excluding hydrogens is 664 g/mol. The third kappa shape index (κ3) is 3.13. The molecule has 0 bridgehead atoms. The van der Waals surface area contributed by atoms with Gasteiger partial charge in [0.1, 0.15) is 0 Å². The van der Waals surface area contributed by atoms with Gasteiger partial charge >= 0.3 is 0 Å². The second-order valence-electron chi connectivity index (χ2n) is 13.0. The number of rotatable bonds is 1. The van der Waals surface area contributed by atoms with Crippen LogP contribution in [0, 0.1) is 0 Å². The van der Waals surface area contributed by atoms with E-state index in [0.29, 0.717) is 0 Å². The molecule has 4 heteroatoms. The molecule has 0 radical (unpaired) electrons. The highest BCUT2D eigenvalue weighted by atomic mass is 35.5. The van der Waals surface area contributed by atoms with Gasteiger partial charge in [0.15, 0.2) is 0 Å². The van der Waals surface area contributed by atoms with E-state index in [1.54, 1.807) is 0 Å². The molecule has 10 aromatic rings. The van der Waals surface area contributed by atoms with Gasteiger partial charge in [-0.1, -0.05) is 102 Å². The van der Waals surface area contributed by atoms with Crippen molar-refractivity contribution in [2.75, 3.05) is 0 Å². The van der Waals surface area contributed by atoms with E-state index < -0.39 is 0 Å². The summed E-state index contributed by atoms with van der Waals surface area (Å²) in [5.41, 5.74) is 12.1. The van der Waals surface area contributed by atoms with Crippen molar-refractivity contribution >= 4 is 108 Å². The summed E-state index contributed by atoms with van der Waals surface area (Å²) < 4.78 is 5.19. The topological polar surface area (TPSA) is 0 Å². The Hall–Kier alpha value is -4.70. The van der Waals surface area contributed by atoms with Crippen LogP contribution in [-0.2, 0) is 0 Å². The Morgan fingerprint density at radius 2 is 1.04 bits per heavy atom. The molecule has 0 amide bonds. The van der Waals surface area contributed by atoms with Gasteiger partial charge in [0.2, 0.25) is 0 Å². The van der Waals surface area contributed by atoms with E-state index in [4.69, 9.17) is 23.2 Å². The number of thiophene rings is 2. The van der Waals surface area contributed by atoms with Gasteiger partial charge in [-0.15, -0.1) is 22.7 Å². The van der Waals surface area contributed by atoms with E-state index in [9.17, 15) is 0 Å². The van der Waals surface area contributed by atoms with Crippen LogP contribution in [0.3, 0.4) is 0 Å². The summed E-state index contributed by atoms with van der Waals surface area (Å²) in [5.74, 6) is 0. The Balaban J connectivity index is 1.24. The first-order chi connectivity index (χ1) is 23.6. The third-order valence-electron chi connectivity index (χ3n) is 10.7. The Morgan fingerprint density at radius 3 is 1.96 bits per heavy atom. The fourth-order valence-corrected chi connectivity index (χ4v) is 11.7. The van der Waals surface area contributed by atoms with Crippen LogP contribution in [0.1, 0.15) is 0 Å². The number of fused-ring (bicyclic) bond motifs is 6. The summed E-state index contributed by atoms with van der Waals surface area (Å²) in [6.07, 6.45) is 0. The second kappa shape index (κ2) is 9.05. The summed E-state index contributed by atoms with van der Waals surface area (Å²) in [7, 11) is 0. The van der Waals surface area contributed by atoms with Crippen molar-refractivity contribution in [3.63, 3.8) is 0 Å². The summed E-state index contributed by atoms with van der Waals surface area (Å²) >= 11 is 18.0. The molecule has 0 saturated carbocycles. The highest BCUT2D eigenvalue weighted by Gasteiger charge is 2.28. The molecule has 0 unspecified atom stereocenters. The van der Waals surface area contributed by atoms with Crippen molar-refractivity contribution in [2.24, 2.45) is 0 Å². The van der Waals surface area contributed by atoms with Crippen molar-refractivity contribution in [3.05, 3.63) is 131 Å². The Bertz CT molecular complexity index is 3140. The van der Waals surface area contributed by atoms with E-state index in [-0.39, 0.29) is 0 Å². The lowest BCUT2D eigenvalue weighted by Gasteiger charge is -2.16. The summed E-state index contributed by atoms with van der Waals surface area (Å²) in [6, 6.07) is 44.7. The number of hydrogen-bond acceptors (Lipinski definition) is 2.